The summed E-state index contributed by atoms with van der Waals surface area (Å²) < 4.78 is 5.39. The SMILES string of the molecule is CCNC(=NCC(C)N1CCOCC1)NCCNC(=O)c1ccc(Cl)c(Cl)c1. The van der Waals surface area contributed by atoms with E-state index in [-0.39, 0.29) is 5.91 Å². The molecular formula is C19H29Cl2N5O2. The molecule has 1 atom stereocenters. The highest BCUT2D eigenvalue weighted by atomic mass is 35.5. The van der Waals surface area contributed by atoms with Crippen molar-refractivity contribution in [3.8, 4) is 0 Å². The first-order chi connectivity index (χ1) is 13.5. The zero-order valence-electron chi connectivity index (χ0n) is 16.4. The predicted octanol–water partition coefficient (Wildman–Crippen LogP) is 2.00. The molecule has 1 fully saturated rings. The van der Waals surface area contributed by atoms with E-state index < -0.39 is 0 Å². The number of morpholine rings is 1. The van der Waals surface area contributed by atoms with Gasteiger partial charge in [0.2, 0.25) is 0 Å². The third kappa shape index (κ3) is 7.47. The van der Waals surface area contributed by atoms with Gasteiger partial charge in [-0.2, -0.15) is 0 Å². The lowest BCUT2D eigenvalue weighted by molar-refractivity contribution is 0.0220. The molecule has 7 nitrogen and oxygen atoms in total. The largest absolute Gasteiger partial charge is 0.379 e. The molecule has 0 radical (unpaired) electrons. The first-order valence-electron chi connectivity index (χ1n) is 9.58. The van der Waals surface area contributed by atoms with Gasteiger partial charge in [-0.05, 0) is 32.0 Å². The second-order valence-electron chi connectivity index (χ2n) is 6.53. The zero-order chi connectivity index (χ0) is 20.4. The van der Waals surface area contributed by atoms with Crippen molar-refractivity contribution in [2.24, 2.45) is 4.99 Å². The Labute approximate surface area is 176 Å². The molecule has 1 heterocycles. The number of nitrogens with zero attached hydrogens (tertiary/aromatic N) is 2. The Morgan fingerprint density at radius 3 is 2.57 bits per heavy atom. The number of guanidine groups is 1. The van der Waals surface area contributed by atoms with Gasteiger partial charge in [0.1, 0.15) is 0 Å². The van der Waals surface area contributed by atoms with Crippen LogP contribution in [0.2, 0.25) is 10.0 Å². The first-order valence-corrected chi connectivity index (χ1v) is 10.3. The molecule has 1 aliphatic rings. The number of amides is 1. The summed E-state index contributed by atoms with van der Waals surface area (Å²) in [5, 5.41) is 10.1. The van der Waals surface area contributed by atoms with Crippen LogP contribution < -0.4 is 16.0 Å². The van der Waals surface area contributed by atoms with Gasteiger partial charge in [-0.1, -0.05) is 23.2 Å². The molecule has 0 bridgehead atoms. The van der Waals surface area contributed by atoms with E-state index in [1.165, 1.54) is 0 Å². The summed E-state index contributed by atoms with van der Waals surface area (Å²) in [5.74, 6) is 0.551. The first kappa shape index (κ1) is 22.7. The number of carbonyl (C=O) groups excluding carboxylic acids is 1. The highest BCUT2D eigenvalue weighted by Crippen LogP contribution is 2.22. The lowest BCUT2D eigenvalue weighted by Crippen LogP contribution is -2.45. The van der Waals surface area contributed by atoms with Crippen molar-refractivity contribution in [1.82, 2.24) is 20.9 Å². The Hall–Kier alpha value is -1.54. The molecule has 2 rings (SSSR count). The van der Waals surface area contributed by atoms with Crippen molar-refractivity contribution >= 4 is 35.1 Å². The average molecular weight is 430 g/mol. The van der Waals surface area contributed by atoms with Crippen LogP contribution in [0.4, 0.5) is 0 Å². The second-order valence-corrected chi connectivity index (χ2v) is 7.34. The number of carbonyl (C=O) groups is 1. The molecule has 1 aliphatic heterocycles. The van der Waals surface area contributed by atoms with Crippen LogP contribution in [0.5, 0.6) is 0 Å². The number of benzene rings is 1. The summed E-state index contributed by atoms with van der Waals surface area (Å²) in [6.07, 6.45) is 0. The Morgan fingerprint density at radius 2 is 1.89 bits per heavy atom. The van der Waals surface area contributed by atoms with E-state index in [0.29, 0.717) is 41.3 Å². The number of hydrogen-bond donors (Lipinski definition) is 3. The highest BCUT2D eigenvalue weighted by molar-refractivity contribution is 6.42. The molecule has 156 valence electrons. The van der Waals surface area contributed by atoms with Crippen molar-refractivity contribution in [3.63, 3.8) is 0 Å². The smallest absolute Gasteiger partial charge is 0.251 e. The van der Waals surface area contributed by atoms with Gasteiger partial charge in [-0.3, -0.25) is 14.7 Å². The molecule has 1 unspecified atom stereocenters. The quantitative estimate of drug-likeness (QED) is 0.334. The third-order valence-electron chi connectivity index (χ3n) is 4.41. The Kier molecular flexibility index (Phi) is 9.84. The maximum absolute atomic E-state index is 12.2. The van der Waals surface area contributed by atoms with Gasteiger partial charge >= 0.3 is 0 Å². The summed E-state index contributed by atoms with van der Waals surface area (Å²) in [6.45, 7) is 10.1. The molecule has 1 aromatic carbocycles. The maximum atomic E-state index is 12.2. The van der Waals surface area contributed by atoms with Crippen LogP contribution in [-0.2, 0) is 4.74 Å². The van der Waals surface area contributed by atoms with E-state index in [1.54, 1.807) is 18.2 Å². The fraction of sp³-hybridized carbons (Fsp3) is 0.579. The van der Waals surface area contributed by atoms with Gasteiger partial charge in [0, 0.05) is 44.3 Å². The average Bonchev–Trinajstić information content (AvgIpc) is 2.71. The summed E-state index contributed by atoms with van der Waals surface area (Å²) in [4.78, 5) is 19.2. The monoisotopic (exact) mass is 429 g/mol. The lowest BCUT2D eigenvalue weighted by Gasteiger charge is -2.31. The fourth-order valence-corrected chi connectivity index (χ4v) is 3.09. The Balaban J connectivity index is 1.75. The van der Waals surface area contributed by atoms with Gasteiger partial charge in [-0.15, -0.1) is 0 Å². The van der Waals surface area contributed by atoms with Crippen LogP contribution in [0.1, 0.15) is 24.2 Å². The Morgan fingerprint density at radius 1 is 1.18 bits per heavy atom. The van der Waals surface area contributed by atoms with Crippen LogP contribution in [0.3, 0.4) is 0 Å². The molecule has 0 saturated carbocycles. The lowest BCUT2D eigenvalue weighted by atomic mass is 10.2. The van der Waals surface area contributed by atoms with Gasteiger partial charge in [0.25, 0.3) is 5.91 Å². The fourth-order valence-electron chi connectivity index (χ4n) is 2.80. The summed E-state index contributed by atoms with van der Waals surface area (Å²) >= 11 is 11.8. The van der Waals surface area contributed by atoms with E-state index in [4.69, 9.17) is 27.9 Å². The van der Waals surface area contributed by atoms with Crippen LogP contribution in [0, 0.1) is 0 Å². The van der Waals surface area contributed by atoms with E-state index in [2.05, 4.69) is 32.8 Å². The number of halogens is 2. The van der Waals surface area contributed by atoms with Gasteiger partial charge in [0.05, 0.1) is 29.8 Å². The van der Waals surface area contributed by atoms with Crippen molar-refractivity contribution in [2.45, 2.75) is 19.9 Å². The van der Waals surface area contributed by atoms with Crippen molar-refractivity contribution in [2.75, 3.05) is 52.5 Å². The summed E-state index contributed by atoms with van der Waals surface area (Å²) in [7, 11) is 0. The van der Waals surface area contributed by atoms with Crippen molar-refractivity contribution < 1.29 is 9.53 Å². The second kappa shape index (κ2) is 12.1. The molecule has 1 aromatic rings. The molecule has 3 N–H and O–H groups in total. The van der Waals surface area contributed by atoms with E-state index in [0.717, 1.165) is 38.8 Å². The zero-order valence-corrected chi connectivity index (χ0v) is 17.9. The third-order valence-corrected chi connectivity index (χ3v) is 5.15. The van der Waals surface area contributed by atoms with Gasteiger partial charge < -0.3 is 20.7 Å². The van der Waals surface area contributed by atoms with Crippen molar-refractivity contribution in [3.05, 3.63) is 33.8 Å². The molecule has 9 heteroatoms. The number of nitrogens with one attached hydrogen (secondary N) is 3. The number of rotatable bonds is 8. The molecule has 1 amide bonds. The van der Waals surface area contributed by atoms with E-state index in [1.807, 2.05) is 6.92 Å². The molecular weight excluding hydrogens is 401 g/mol. The molecule has 0 spiro atoms. The minimum Gasteiger partial charge on any atom is -0.379 e. The van der Waals surface area contributed by atoms with Crippen LogP contribution in [0.15, 0.2) is 23.2 Å². The van der Waals surface area contributed by atoms with E-state index >= 15 is 0 Å². The van der Waals surface area contributed by atoms with Crippen LogP contribution in [-0.4, -0.2) is 75.3 Å². The molecule has 0 aliphatic carbocycles. The predicted molar refractivity (Wildman–Crippen MR) is 115 cm³/mol. The molecule has 0 aromatic heterocycles. The van der Waals surface area contributed by atoms with Crippen LogP contribution in [0.25, 0.3) is 0 Å². The minimum atomic E-state index is -0.191. The number of ether oxygens (including phenoxy) is 1. The number of hydrogen-bond acceptors (Lipinski definition) is 4. The minimum absolute atomic E-state index is 0.191. The highest BCUT2D eigenvalue weighted by Gasteiger charge is 2.16. The van der Waals surface area contributed by atoms with Crippen LogP contribution >= 0.6 is 23.2 Å². The molecule has 1 saturated heterocycles. The van der Waals surface area contributed by atoms with Gasteiger partial charge in [-0.25, -0.2) is 0 Å². The summed E-state index contributed by atoms with van der Waals surface area (Å²) in [6, 6.07) is 5.18. The van der Waals surface area contributed by atoms with Crippen molar-refractivity contribution in [1.29, 1.82) is 0 Å². The summed E-state index contributed by atoms with van der Waals surface area (Å²) in [5.41, 5.74) is 0.481. The normalized spacial score (nSPS) is 16.5. The standard InChI is InChI=1S/C19H29Cl2N5O2/c1-3-22-19(25-13-14(2)26-8-10-28-11-9-26)24-7-6-23-18(27)15-4-5-16(20)17(21)12-15/h4-5,12,14H,3,6-11,13H2,1-2H3,(H,23,27)(H2,22,24,25). The maximum Gasteiger partial charge on any atom is 0.251 e. The topological polar surface area (TPSA) is 78.0 Å². The Bertz CT molecular complexity index is 666. The van der Waals surface area contributed by atoms with E-state index in [9.17, 15) is 4.79 Å². The number of aliphatic imine (C=N–C) groups is 1. The van der Waals surface area contributed by atoms with Gasteiger partial charge in [0.15, 0.2) is 5.96 Å². The molecule has 28 heavy (non-hydrogen) atoms.